The number of urea groups is 1. The van der Waals surface area contributed by atoms with Crippen LogP contribution in [-0.2, 0) is 0 Å². The lowest BCUT2D eigenvalue weighted by atomic mass is 10.3. The molecule has 1 rings (SSSR count). The van der Waals surface area contributed by atoms with Crippen molar-refractivity contribution in [1.82, 2.24) is 0 Å². The molecule has 0 atom stereocenters. The van der Waals surface area contributed by atoms with Crippen molar-refractivity contribution in [2.75, 3.05) is 17.4 Å². The van der Waals surface area contributed by atoms with Crippen LogP contribution in [0.25, 0.3) is 0 Å². The number of amides is 2. The normalized spacial score (nSPS) is 9.38. The molecule has 70 valence electrons. The van der Waals surface area contributed by atoms with E-state index in [0.29, 0.717) is 0 Å². The molecule has 0 spiro atoms. The van der Waals surface area contributed by atoms with Crippen LogP contribution in [0.3, 0.4) is 0 Å². The first-order chi connectivity index (χ1) is 6.15. The maximum Gasteiger partial charge on any atom is 0.318 e. The molecule has 0 saturated carbocycles. The van der Waals surface area contributed by atoms with Gasteiger partial charge in [-0.25, -0.2) is 4.79 Å². The Bertz CT molecular complexity index is 296. The van der Waals surface area contributed by atoms with Crippen LogP contribution in [0.5, 0.6) is 0 Å². The van der Waals surface area contributed by atoms with Crippen molar-refractivity contribution in [3.05, 3.63) is 24.3 Å². The number of benzene rings is 1. The Morgan fingerprint density at radius 1 is 1.38 bits per heavy atom. The summed E-state index contributed by atoms with van der Waals surface area (Å²) in [5.41, 5.74) is 9.08. The average molecular weight is 180 g/mol. The second-order valence-corrected chi connectivity index (χ2v) is 2.59. The summed E-state index contributed by atoms with van der Waals surface area (Å²) in [6, 6.07) is 6.53. The molecule has 0 saturated heterocycles. The van der Waals surface area contributed by atoms with Crippen LogP contribution < -0.4 is 21.9 Å². The number of anilines is 2. The quantitative estimate of drug-likeness (QED) is 0.457. The first-order valence-corrected chi connectivity index (χ1v) is 3.75. The number of hydrazine groups is 1. The van der Waals surface area contributed by atoms with Gasteiger partial charge >= 0.3 is 6.03 Å². The number of hydrogen-bond acceptors (Lipinski definition) is 3. The topological polar surface area (TPSA) is 84.4 Å². The Kier molecular flexibility index (Phi) is 2.71. The highest BCUT2D eigenvalue weighted by Crippen LogP contribution is 2.15. The molecule has 13 heavy (non-hydrogen) atoms. The van der Waals surface area contributed by atoms with Gasteiger partial charge in [0.15, 0.2) is 0 Å². The smallest absolute Gasteiger partial charge is 0.318 e. The van der Waals surface area contributed by atoms with Crippen molar-refractivity contribution in [2.24, 2.45) is 11.6 Å². The predicted octanol–water partition coefficient (Wildman–Crippen LogP) is 0.487. The van der Waals surface area contributed by atoms with Crippen LogP contribution in [0.1, 0.15) is 0 Å². The first kappa shape index (κ1) is 9.34. The Morgan fingerprint density at radius 3 is 2.31 bits per heavy atom. The molecule has 5 N–H and O–H groups in total. The fourth-order valence-corrected chi connectivity index (χ4v) is 0.909. The van der Waals surface area contributed by atoms with Gasteiger partial charge in [0.1, 0.15) is 0 Å². The largest absolute Gasteiger partial charge is 0.351 e. The number of hydrogen-bond donors (Lipinski definition) is 3. The monoisotopic (exact) mass is 180 g/mol. The van der Waals surface area contributed by atoms with Crippen LogP contribution >= 0.6 is 0 Å². The molecule has 0 aliphatic heterocycles. The molecule has 0 aliphatic rings. The molecular formula is C8H12N4O. The van der Waals surface area contributed by atoms with Crippen LogP contribution in [0.2, 0.25) is 0 Å². The zero-order chi connectivity index (χ0) is 9.84. The Labute approximate surface area is 76.3 Å². The lowest BCUT2D eigenvalue weighted by molar-refractivity contribution is 0.255. The van der Waals surface area contributed by atoms with E-state index in [1.54, 1.807) is 31.3 Å². The zero-order valence-electron chi connectivity index (χ0n) is 7.32. The van der Waals surface area contributed by atoms with Crippen molar-refractivity contribution in [3.63, 3.8) is 0 Å². The number of nitrogen functional groups attached to an aromatic ring is 1. The van der Waals surface area contributed by atoms with Gasteiger partial charge in [-0.2, -0.15) is 0 Å². The minimum absolute atomic E-state index is 0.492. The average Bonchev–Trinajstić information content (AvgIpc) is 2.17. The van der Waals surface area contributed by atoms with Crippen molar-refractivity contribution in [3.8, 4) is 0 Å². The van der Waals surface area contributed by atoms with Gasteiger partial charge < -0.3 is 11.2 Å². The van der Waals surface area contributed by atoms with Crippen molar-refractivity contribution < 1.29 is 4.79 Å². The summed E-state index contributed by atoms with van der Waals surface area (Å²) < 4.78 is 0. The van der Waals surface area contributed by atoms with E-state index >= 15 is 0 Å². The van der Waals surface area contributed by atoms with E-state index in [0.717, 1.165) is 11.4 Å². The van der Waals surface area contributed by atoms with Gasteiger partial charge in [-0.3, -0.25) is 10.7 Å². The summed E-state index contributed by atoms with van der Waals surface area (Å²) >= 11 is 0. The van der Waals surface area contributed by atoms with E-state index in [4.69, 9.17) is 11.6 Å². The fourth-order valence-electron chi connectivity index (χ4n) is 0.909. The first-order valence-electron chi connectivity index (χ1n) is 3.75. The number of nitrogens with two attached hydrogens (primary N) is 2. The Morgan fingerprint density at radius 2 is 1.92 bits per heavy atom. The second-order valence-electron chi connectivity index (χ2n) is 2.59. The molecule has 1 aromatic rings. The van der Waals surface area contributed by atoms with Gasteiger partial charge in [0.25, 0.3) is 0 Å². The highest BCUT2D eigenvalue weighted by molar-refractivity contribution is 5.90. The lowest BCUT2D eigenvalue weighted by Gasteiger charge is -2.14. The maximum absolute atomic E-state index is 10.8. The number of nitrogens with zero attached hydrogens (tertiary/aromatic N) is 1. The van der Waals surface area contributed by atoms with E-state index in [1.165, 1.54) is 4.90 Å². The van der Waals surface area contributed by atoms with Crippen LogP contribution in [-0.4, -0.2) is 13.1 Å². The van der Waals surface area contributed by atoms with Gasteiger partial charge in [0.05, 0.1) is 0 Å². The molecule has 0 fully saturated rings. The molecular weight excluding hydrogens is 168 g/mol. The molecule has 5 heteroatoms. The molecule has 0 heterocycles. The summed E-state index contributed by atoms with van der Waals surface area (Å²) in [5, 5.41) is 0. The van der Waals surface area contributed by atoms with E-state index in [2.05, 4.69) is 5.43 Å². The van der Waals surface area contributed by atoms with Gasteiger partial charge in [0.2, 0.25) is 0 Å². The Hall–Kier alpha value is -1.75. The minimum atomic E-state index is -0.492. The molecule has 2 amide bonds. The number of nitrogens with one attached hydrogen (secondary N) is 1. The summed E-state index contributed by atoms with van der Waals surface area (Å²) in [7, 11) is 1.60. The summed E-state index contributed by atoms with van der Waals surface area (Å²) in [6.45, 7) is 0. The second kappa shape index (κ2) is 3.77. The molecule has 1 aromatic carbocycles. The third-order valence-electron chi connectivity index (χ3n) is 1.75. The van der Waals surface area contributed by atoms with E-state index < -0.39 is 6.03 Å². The van der Waals surface area contributed by atoms with E-state index in [-0.39, 0.29) is 0 Å². The maximum atomic E-state index is 10.8. The summed E-state index contributed by atoms with van der Waals surface area (Å²) in [4.78, 5) is 12.1. The number of rotatable bonds is 2. The van der Waals surface area contributed by atoms with Crippen LogP contribution in [0, 0.1) is 0 Å². The highest BCUT2D eigenvalue weighted by atomic mass is 16.2. The predicted molar refractivity (Wildman–Crippen MR) is 52.2 cm³/mol. The van der Waals surface area contributed by atoms with E-state index in [9.17, 15) is 4.79 Å². The molecule has 0 aromatic heterocycles. The molecule has 5 nitrogen and oxygen atoms in total. The van der Waals surface area contributed by atoms with Gasteiger partial charge in [-0.05, 0) is 24.3 Å². The highest BCUT2D eigenvalue weighted by Gasteiger charge is 2.04. The molecule has 0 unspecified atom stereocenters. The van der Waals surface area contributed by atoms with Crippen molar-refractivity contribution in [1.29, 1.82) is 0 Å². The molecule has 0 bridgehead atoms. The van der Waals surface area contributed by atoms with Gasteiger partial charge in [0, 0.05) is 18.4 Å². The number of primary amides is 1. The van der Waals surface area contributed by atoms with E-state index in [1.807, 2.05) is 0 Å². The SMILES string of the molecule is CN(C(N)=O)c1ccc(NN)cc1. The lowest BCUT2D eigenvalue weighted by Crippen LogP contribution is -2.31. The molecule has 0 radical (unpaired) electrons. The Balaban J connectivity index is 2.85. The van der Waals surface area contributed by atoms with Crippen LogP contribution in [0.15, 0.2) is 24.3 Å². The fraction of sp³-hybridized carbons (Fsp3) is 0.125. The van der Waals surface area contributed by atoms with Gasteiger partial charge in [-0.15, -0.1) is 0 Å². The number of carbonyl (C=O) groups is 1. The van der Waals surface area contributed by atoms with Crippen LogP contribution in [0.4, 0.5) is 16.2 Å². The molecule has 0 aliphatic carbocycles. The number of carbonyl (C=O) groups excluding carboxylic acids is 1. The summed E-state index contributed by atoms with van der Waals surface area (Å²) in [5.74, 6) is 5.18. The zero-order valence-corrected chi connectivity index (χ0v) is 7.32. The third kappa shape index (κ3) is 2.09. The van der Waals surface area contributed by atoms with Crippen molar-refractivity contribution >= 4 is 17.4 Å². The minimum Gasteiger partial charge on any atom is -0.351 e. The standard InChI is InChI=1S/C8H12N4O/c1-12(8(9)13)7-4-2-6(11-10)3-5-7/h2-5,11H,10H2,1H3,(H2,9,13). The summed E-state index contributed by atoms with van der Waals surface area (Å²) in [6.07, 6.45) is 0. The van der Waals surface area contributed by atoms with Gasteiger partial charge in [-0.1, -0.05) is 0 Å². The third-order valence-corrected chi connectivity index (χ3v) is 1.75. The van der Waals surface area contributed by atoms with Crippen molar-refractivity contribution in [2.45, 2.75) is 0 Å².